The standard InChI is InChI=1S/C19H30ClN3O2.HI/c1-4-21-19(23-11-10-16(13-23)14-24-5-2)22-12-15(3)25-18-8-6-17(20)7-9-18;/h6-9,15-16H,4-5,10-14H2,1-3H3,(H,21,22);1H. The second kappa shape index (κ2) is 12.6. The van der Waals surface area contributed by atoms with Crippen molar-refractivity contribution in [3.8, 4) is 5.75 Å². The summed E-state index contributed by atoms with van der Waals surface area (Å²) < 4.78 is 11.5. The van der Waals surface area contributed by atoms with Gasteiger partial charge in [0.05, 0.1) is 13.2 Å². The summed E-state index contributed by atoms with van der Waals surface area (Å²) >= 11 is 5.90. The number of ether oxygens (including phenoxy) is 2. The summed E-state index contributed by atoms with van der Waals surface area (Å²) in [5, 5.41) is 4.10. The Morgan fingerprint density at radius 2 is 2.08 bits per heavy atom. The number of hydrogen-bond donors (Lipinski definition) is 1. The van der Waals surface area contributed by atoms with Crippen molar-refractivity contribution in [3.05, 3.63) is 29.3 Å². The van der Waals surface area contributed by atoms with E-state index in [0.29, 0.717) is 17.5 Å². The Morgan fingerprint density at radius 3 is 2.73 bits per heavy atom. The molecule has 1 aromatic rings. The number of nitrogens with zero attached hydrogens (tertiary/aromatic N) is 2. The molecule has 26 heavy (non-hydrogen) atoms. The molecule has 0 radical (unpaired) electrons. The molecule has 0 aromatic heterocycles. The molecule has 0 spiro atoms. The van der Waals surface area contributed by atoms with Crippen LogP contribution in [0.4, 0.5) is 0 Å². The van der Waals surface area contributed by atoms with Crippen molar-refractivity contribution in [2.75, 3.05) is 39.4 Å². The highest BCUT2D eigenvalue weighted by atomic mass is 127. The van der Waals surface area contributed by atoms with Gasteiger partial charge in [-0.2, -0.15) is 0 Å². The van der Waals surface area contributed by atoms with Gasteiger partial charge < -0.3 is 19.7 Å². The average molecular weight is 496 g/mol. The molecule has 2 rings (SSSR count). The third-order valence-electron chi connectivity index (χ3n) is 4.13. The van der Waals surface area contributed by atoms with Gasteiger partial charge in [-0.05, 0) is 51.5 Å². The van der Waals surface area contributed by atoms with Gasteiger partial charge >= 0.3 is 0 Å². The van der Waals surface area contributed by atoms with E-state index < -0.39 is 0 Å². The number of halogens is 2. The number of guanidine groups is 1. The topological polar surface area (TPSA) is 46.1 Å². The van der Waals surface area contributed by atoms with Crippen molar-refractivity contribution in [1.29, 1.82) is 0 Å². The minimum Gasteiger partial charge on any atom is -0.489 e. The Labute approximate surface area is 179 Å². The third-order valence-corrected chi connectivity index (χ3v) is 4.38. The van der Waals surface area contributed by atoms with E-state index in [1.54, 1.807) is 0 Å². The summed E-state index contributed by atoms with van der Waals surface area (Å²) in [6, 6.07) is 7.43. The lowest BCUT2D eigenvalue weighted by molar-refractivity contribution is 0.114. The summed E-state index contributed by atoms with van der Waals surface area (Å²) in [7, 11) is 0. The van der Waals surface area contributed by atoms with Crippen LogP contribution in [-0.4, -0.2) is 56.4 Å². The molecule has 7 heteroatoms. The fourth-order valence-corrected chi connectivity index (χ4v) is 3.00. The second-order valence-electron chi connectivity index (χ2n) is 6.34. The average Bonchev–Trinajstić information content (AvgIpc) is 3.07. The van der Waals surface area contributed by atoms with E-state index in [9.17, 15) is 0 Å². The molecule has 1 heterocycles. The van der Waals surface area contributed by atoms with Crippen LogP contribution >= 0.6 is 35.6 Å². The summed E-state index contributed by atoms with van der Waals surface area (Å²) in [4.78, 5) is 7.09. The van der Waals surface area contributed by atoms with E-state index in [1.165, 1.54) is 0 Å². The maximum atomic E-state index is 5.90. The summed E-state index contributed by atoms with van der Waals surface area (Å²) in [6.07, 6.45) is 1.15. The Bertz CT molecular complexity index is 542. The first-order valence-electron chi connectivity index (χ1n) is 9.15. The van der Waals surface area contributed by atoms with Crippen LogP contribution in [-0.2, 0) is 4.74 Å². The van der Waals surface area contributed by atoms with Crippen LogP contribution in [0.25, 0.3) is 0 Å². The molecule has 2 atom stereocenters. The van der Waals surface area contributed by atoms with Crippen LogP contribution in [0.15, 0.2) is 29.3 Å². The SMILES string of the molecule is CCNC(=NCC(C)Oc1ccc(Cl)cc1)N1CCC(COCC)C1.I. The van der Waals surface area contributed by atoms with E-state index in [1.807, 2.05) is 38.1 Å². The summed E-state index contributed by atoms with van der Waals surface area (Å²) in [5.41, 5.74) is 0. The minimum atomic E-state index is -0.00310. The molecular formula is C19H31ClIN3O2. The molecule has 1 aliphatic heterocycles. The molecule has 1 fully saturated rings. The van der Waals surface area contributed by atoms with Gasteiger partial charge in [-0.3, -0.25) is 0 Å². The largest absolute Gasteiger partial charge is 0.489 e. The van der Waals surface area contributed by atoms with Gasteiger partial charge in [-0.1, -0.05) is 11.6 Å². The van der Waals surface area contributed by atoms with Crippen LogP contribution in [0.5, 0.6) is 5.75 Å². The highest BCUT2D eigenvalue weighted by molar-refractivity contribution is 14.0. The Balaban J connectivity index is 0.00000338. The van der Waals surface area contributed by atoms with Gasteiger partial charge in [0.25, 0.3) is 0 Å². The predicted molar refractivity (Wildman–Crippen MR) is 119 cm³/mol. The molecule has 1 saturated heterocycles. The molecule has 0 amide bonds. The lowest BCUT2D eigenvalue weighted by Gasteiger charge is -2.22. The van der Waals surface area contributed by atoms with Crippen LogP contribution in [0.3, 0.4) is 0 Å². The fraction of sp³-hybridized carbons (Fsp3) is 0.632. The first kappa shape index (κ1) is 23.3. The highest BCUT2D eigenvalue weighted by Gasteiger charge is 2.25. The molecule has 0 bridgehead atoms. The second-order valence-corrected chi connectivity index (χ2v) is 6.77. The number of aliphatic imine (C=N–C) groups is 1. The fourth-order valence-electron chi connectivity index (χ4n) is 2.87. The maximum absolute atomic E-state index is 5.90. The van der Waals surface area contributed by atoms with E-state index in [-0.39, 0.29) is 30.1 Å². The van der Waals surface area contributed by atoms with Crippen molar-refractivity contribution < 1.29 is 9.47 Å². The molecule has 1 aliphatic rings. The van der Waals surface area contributed by atoms with E-state index in [4.69, 9.17) is 26.1 Å². The molecule has 0 aliphatic carbocycles. The predicted octanol–water partition coefficient (Wildman–Crippen LogP) is 4.05. The number of hydrogen-bond acceptors (Lipinski definition) is 3. The highest BCUT2D eigenvalue weighted by Crippen LogP contribution is 2.18. The number of nitrogens with one attached hydrogen (secondary N) is 1. The lowest BCUT2D eigenvalue weighted by Crippen LogP contribution is -2.41. The van der Waals surface area contributed by atoms with E-state index in [0.717, 1.165) is 51.0 Å². The van der Waals surface area contributed by atoms with Crippen molar-refractivity contribution in [1.82, 2.24) is 10.2 Å². The molecule has 0 saturated carbocycles. The monoisotopic (exact) mass is 495 g/mol. The van der Waals surface area contributed by atoms with Crippen LogP contribution in [0.1, 0.15) is 27.2 Å². The Hall–Kier alpha value is -0.730. The molecule has 148 valence electrons. The Morgan fingerprint density at radius 1 is 1.35 bits per heavy atom. The van der Waals surface area contributed by atoms with Gasteiger partial charge in [0.1, 0.15) is 11.9 Å². The maximum Gasteiger partial charge on any atom is 0.194 e. The minimum absolute atomic E-state index is 0. The third kappa shape index (κ3) is 7.88. The molecule has 1 N–H and O–H groups in total. The van der Waals surface area contributed by atoms with Crippen LogP contribution in [0, 0.1) is 5.92 Å². The summed E-state index contributed by atoms with van der Waals surface area (Å²) in [6.45, 7) is 11.3. The van der Waals surface area contributed by atoms with E-state index in [2.05, 4.69) is 17.1 Å². The van der Waals surface area contributed by atoms with Gasteiger partial charge in [-0.25, -0.2) is 4.99 Å². The number of benzene rings is 1. The molecule has 5 nitrogen and oxygen atoms in total. The lowest BCUT2D eigenvalue weighted by atomic mass is 10.1. The van der Waals surface area contributed by atoms with Gasteiger partial charge in [0.2, 0.25) is 0 Å². The number of rotatable bonds is 8. The van der Waals surface area contributed by atoms with Crippen LogP contribution < -0.4 is 10.1 Å². The van der Waals surface area contributed by atoms with Gasteiger partial charge in [0.15, 0.2) is 5.96 Å². The number of likely N-dealkylation sites (tertiary alicyclic amines) is 1. The Kier molecular flexibility index (Phi) is 11.3. The molecule has 1 aromatic carbocycles. The zero-order valence-corrected chi connectivity index (χ0v) is 19.0. The first-order chi connectivity index (χ1) is 12.1. The van der Waals surface area contributed by atoms with Gasteiger partial charge in [0, 0.05) is 37.2 Å². The first-order valence-corrected chi connectivity index (χ1v) is 9.53. The van der Waals surface area contributed by atoms with Crippen molar-refractivity contribution in [3.63, 3.8) is 0 Å². The molecular weight excluding hydrogens is 465 g/mol. The molecule has 2 unspecified atom stereocenters. The smallest absolute Gasteiger partial charge is 0.194 e. The van der Waals surface area contributed by atoms with Gasteiger partial charge in [-0.15, -0.1) is 24.0 Å². The quantitative estimate of drug-likeness (QED) is 0.336. The summed E-state index contributed by atoms with van der Waals surface area (Å²) in [5.74, 6) is 2.37. The van der Waals surface area contributed by atoms with Crippen molar-refractivity contribution in [2.24, 2.45) is 10.9 Å². The van der Waals surface area contributed by atoms with E-state index >= 15 is 0 Å². The normalized spacial score (nSPS) is 18.4. The van der Waals surface area contributed by atoms with Crippen molar-refractivity contribution in [2.45, 2.75) is 33.3 Å². The zero-order chi connectivity index (χ0) is 18.1. The van der Waals surface area contributed by atoms with Crippen molar-refractivity contribution >= 4 is 41.5 Å². The van der Waals surface area contributed by atoms with Crippen LogP contribution in [0.2, 0.25) is 5.02 Å². The zero-order valence-electron chi connectivity index (χ0n) is 15.9.